The Morgan fingerprint density at radius 3 is 1.60 bits per heavy atom. The number of furan rings is 1. The van der Waals surface area contributed by atoms with E-state index in [-0.39, 0.29) is 0 Å². The molecule has 218 valence electrons. The standard InChI is InChI=1S/C46H28O/c1-2-13-29(14-3-1)45-36-19-6-8-21-38(36)46(39-22-9-7-20-37(39)45)42-27-32(25-30-15-4-5-17-33(30)42)34-23-12-16-31-26-41-35-18-10-11-24-43(35)47-44(41)28-40(31)34/h1-28H. The minimum atomic E-state index is 0.917. The highest BCUT2D eigenvalue weighted by molar-refractivity contribution is 6.24. The van der Waals surface area contributed by atoms with E-state index in [2.05, 4.69) is 158 Å². The van der Waals surface area contributed by atoms with E-state index in [4.69, 9.17) is 4.42 Å². The number of hydrogen-bond acceptors (Lipinski definition) is 1. The highest BCUT2D eigenvalue weighted by Gasteiger charge is 2.19. The predicted molar refractivity (Wildman–Crippen MR) is 200 cm³/mol. The first kappa shape index (κ1) is 26.1. The molecule has 0 N–H and O–H groups in total. The second kappa shape index (κ2) is 10.2. The molecule has 0 saturated carbocycles. The van der Waals surface area contributed by atoms with Crippen LogP contribution in [0.1, 0.15) is 0 Å². The average Bonchev–Trinajstić information content (AvgIpc) is 3.50. The molecule has 0 aliphatic carbocycles. The van der Waals surface area contributed by atoms with Gasteiger partial charge >= 0.3 is 0 Å². The summed E-state index contributed by atoms with van der Waals surface area (Å²) in [5, 5.41) is 12.2. The van der Waals surface area contributed by atoms with Crippen molar-refractivity contribution >= 4 is 65.0 Å². The third kappa shape index (κ3) is 3.97. The molecule has 0 amide bonds. The zero-order valence-corrected chi connectivity index (χ0v) is 25.6. The largest absolute Gasteiger partial charge is 0.456 e. The molecule has 9 aromatic carbocycles. The monoisotopic (exact) mass is 596 g/mol. The SMILES string of the molecule is c1ccc(-c2c3ccccc3c(-c3cc(-c4cccc5cc6c(cc45)oc4ccccc46)cc4ccccc34)c3ccccc23)cc1. The van der Waals surface area contributed by atoms with Crippen LogP contribution in [0.4, 0.5) is 0 Å². The van der Waals surface area contributed by atoms with Crippen molar-refractivity contribution in [2.75, 3.05) is 0 Å². The summed E-state index contributed by atoms with van der Waals surface area (Å²) in [6.45, 7) is 0. The number of hydrogen-bond donors (Lipinski definition) is 0. The van der Waals surface area contributed by atoms with Gasteiger partial charge in [0.1, 0.15) is 11.2 Å². The quantitative estimate of drug-likeness (QED) is 0.185. The van der Waals surface area contributed by atoms with Gasteiger partial charge in [-0.3, -0.25) is 0 Å². The third-order valence-corrected chi connectivity index (χ3v) is 9.81. The molecule has 0 fully saturated rings. The molecular weight excluding hydrogens is 569 g/mol. The Hall–Kier alpha value is -6.18. The molecule has 47 heavy (non-hydrogen) atoms. The van der Waals surface area contributed by atoms with Crippen LogP contribution in [0.15, 0.2) is 174 Å². The van der Waals surface area contributed by atoms with Crippen LogP contribution in [0.2, 0.25) is 0 Å². The van der Waals surface area contributed by atoms with Crippen LogP contribution in [0.25, 0.3) is 98.4 Å². The summed E-state index contributed by atoms with van der Waals surface area (Å²) in [5.74, 6) is 0. The Labute approximate surface area is 271 Å². The van der Waals surface area contributed by atoms with E-state index in [0.29, 0.717) is 0 Å². The van der Waals surface area contributed by atoms with Crippen LogP contribution in [0, 0.1) is 0 Å². The molecule has 1 heteroatoms. The zero-order chi connectivity index (χ0) is 30.9. The lowest BCUT2D eigenvalue weighted by Crippen LogP contribution is -1.92. The maximum absolute atomic E-state index is 6.36. The van der Waals surface area contributed by atoms with Gasteiger partial charge in [0.15, 0.2) is 0 Å². The van der Waals surface area contributed by atoms with Gasteiger partial charge in [0.25, 0.3) is 0 Å². The first-order chi connectivity index (χ1) is 23.3. The topological polar surface area (TPSA) is 13.1 Å². The van der Waals surface area contributed by atoms with E-state index >= 15 is 0 Å². The number of benzene rings is 9. The lowest BCUT2D eigenvalue weighted by Gasteiger charge is -2.20. The van der Waals surface area contributed by atoms with Gasteiger partial charge in [0.05, 0.1) is 0 Å². The molecule has 1 heterocycles. The first-order valence-corrected chi connectivity index (χ1v) is 16.2. The van der Waals surface area contributed by atoms with Crippen molar-refractivity contribution in [2.24, 2.45) is 0 Å². The van der Waals surface area contributed by atoms with Crippen LogP contribution in [-0.4, -0.2) is 0 Å². The van der Waals surface area contributed by atoms with E-state index < -0.39 is 0 Å². The molecule has 0 bridgehead atoms. The van der Waals surface area contributed by atoms with Crippen LogP contribution < -0.4 is 0 Å². The van der Waals surface area contributed by atoms with Crippen molar-refractivity contribution in [2.45, 2.75) is 0 Å². The normalized spacial score (nSPS) is 11.8. The van der Waals surface area contributed by atoms with Gasteiger partial charge in [0.2, 0.25) is 0 Å². The van der Waals surface area contributed by atoms with Gasteiger partial charge in [0, 0.05) is 10.8 Å². The summed E-state index contributed by atoms with van der Waals surface area (Å²) in [4.78, 5) is 0. The molecule has 1 aromatic heterocycles. The summed E-state index contributed by atoms with van der Waals surface area (Å²) >= 11 is 0. The van der Waals surface area contributed by atoms with E-state index in [1.165, 1.54) is 76.5 Å². The summed E-state index contributed by atoms with van der Waals surface area (Å²) < 4.78 is 6.36. The molecule has 0 radical (unpaired) electrons. The molecule has 0 unspecified atom stereocenters. The van der Waals surface area contributed by atoms with Crippen molar-refractivity contribution in [1.82, 2.24) is 0 Å². The molecule has 0 atom stereocenters. The zero-order valence-electron chi connectivity index (χ0n) is 25.6. The molecule has 0 aliphatic heterocycles. The summed E-state index contributed by atoms with van der Waals surface area (Å²) in [6.07, 6.45) is 0. The average molecular weight is 597 g/mol. The van der Waals surface area contributed by atoms with E-state index in [0.717, 1.165) is 21.9 Å². The lowest BCUT2D eigenvalue weighted by atomic mass is 9.83. The number of rotatable bonds is 3. The Kier molecular flexibility index (Phi) is 5.64. The summed E-state index contributed by atoms with van der Waals surface area (Å²) in [7, 11) is 0. The molecule has 0 saturated heterocycles. The van der Waals surface area contributed by atoms with Gasteiger partial charge < -0.3 is 4.42 Å². The van der Waals surface area contributed by atoms with Crippen molar-refractivity contribution in [3.8, 4) is 33.4 Å². The maximum atomic E-state index is 6.36. The molecule has 0 aliphatic rings. The smallest absolute Gasteiger partial charge is 0.136 e. The molecule has 0 spiro atoms. The fourth-order valence-electron chi connectivity index (χ4n) is 7.76. The Morgan fingerprint density at radius 2 is 0.851 bits per heavy atom. The predicted octanol–water partition coefficient (Wildman–Crippen LogP) is 13.2. The van der Waals surface area contributed by atoms with Crippen LogP contribution >= 0.6 is 0 Å². The molecule has 10 rings (SSSR count). The van der Waals surface area contributed by atoms with Crippen LogP contribution in [0.5, 0.6) is 0 Å². The second-order valence-corrected chi connectivity index (χ2v) is 12.4. The van der Waals surface area contributed by atoms with Crippen molar-refractivity contribution in [3.63, 3.8) is 0 Å². The van der Waals surface area contributed by atoms with Crippen molar-refractivity contribution in [3.05, 3.63) is 170 Å². The van der Waals surface area contributed by atoms with E-state index in [1.54, 1.807) is 0 Å². The third-order valence-electron chi connectivity index (χ3n) is 9.81. The fraction of sp³-hybridized carbons (Fsp3) is 0. The van der Waals surface area contributed by atoms with E-state index in [1.807, 2.05) is 12.1 Å². The minimum Gasteiger partial charge on any atom is -0.456 e. The first-order valence-electron chi connectivity index (χ1n) is 16.2. The highest BCUT2D eigenvalue weighted by Crippen LogP contribution is 2.47. The van der Waals surface area contributed by atoms with E-state index in [9.17, 15) is 0 Å². The van der Waals surface area contributed by atoms with Gasteiger partial charge in [-0.1, -0.05) is 140 Å². The van der Waals surface area contributed by atoms with Gasteiger partial charge in [-0.15, -0.1) is 0 Å². The molecule has 1 nitrogen and oxygen atoms in total. The molecule has 10 aromatic rings. The highest BCUT2D eigenvalue weighted by atomic mass is 16.3. The van der Waals surface area contributed by atoms with Gasteiger partial charge in [-0.2, -0.15) is 0 Å². The van der Waals surface area contributed by atoms with Crippen molar-refractivity contribution in [1.29, 1.82) is 0 Å². The second-order valence-electron chi connectivity index (χ2n) is 12.4. The van der Waals surface area contributed by atoms with Gasteiger partial charge in [-0.25, -0.2) is 0 Å². The Morgan fingerprint density at radius 1 is 0.277 bits per heavy atom. The van der Waals surface area contributed by atoms with Gasteiger partial charge in [-0.05, 0) is 107 Å². The molecular formula is C46H28O. The van der Waals surface area contributed by atoms with Crippen LogP contribution in [-0.2, 0) is 0 Å². The maximum Gasteiger partial charge on any atom is 0.136 e. The van der Waals surface area contributed by atoms with Crippen LogP contribution in [0.3, 0.4) is 0 Å². The van der Waals surface area contributed by atoms with Crippen molar-refractivity contribution < 1.29 is 4.42 Å². The summed E-state index contributed by atoms with van der Waals surface area (Å²) in [5.41, 5.74) is 9.26. The fourth-order valence-corrected chi connectivity index (χ4v) is 7.76. The minimum absolute atomic E-state index is 0.917. The Bertz CT molecular complexity index is 2780. The number of fused-ring (bicyclic) bond motifs is 7. The summed E-state index contributed by atoms with van der Waals surface area (Å²) in [6, 6.07) is 61.7. The number of para-hydroxylation sites is 1. The lowest BCUT2D eigenvalue weighted by molar-refractivity contribution is 0.669. The Balaban J connectivity index is 1.30.